The fourth-order valence-corrected chi connectivity index (χ4v) is 7.55. The first-order valence-corrected chi connectivity index (χ1v) is 37.7. The Bertz CT molecular complexity index is 3620. The quantitative estimate of drug-likeness (QED) is 0.0123. The smallest absolute Gasteiger partial charge is 0.323 e. The van der Waals surface area contributed by atoms with Gasteiger partial charge in [0.1, 0.15) is 71.2 Å². The maximum atomic E-state index is 10.7. The van der Waals surface area contributed by atoms with Crippen molar-refractivity contribution >= 4 is 87.6 Å². The average molecular weight is 1690 g/mol. The predicted molar refractivity (Wildman–Crippen MR) is 462 cm³/mol. The number of carbonyl (C=O) groups excluding carboxylic acids is 5. The third-order valence-corrected chi connectivity index (χ3v) is 15.2. The molecule has 1 heterocycles. The molecule has 0 fully saturated rings. The van der Waals surface area contributed by atoms with E-state index in [2.05, 4.69) is 23.8 Å². The summed E-state index contributed by atoms with van der Waals surface area (Å²) in [5, 5.41) is 68.5. The van der Waals surface area contributed by atoms with Gasteiger partial charge in [0, 0.05) is 36.6 Å². The number of guanidine groups is 1. The highest BCUT2D eigenvalue weighted by Crippen LogP contribution is 2.21. The predicted octanol–water partition coefficient (Wildman–Crippen LogP) is -1.51. The van der Waals surface area contributed by atoms with Crippen LogP contribution >= 0.6 is 0 Å². The number of aliphatic hydroxyl groups excluding tert-OH is 1. The molecule has 0 saturated carbocycles. The van der Waals surface area contributed by atoms with Gasteiger partial charge in [-0.1, -0.05) is 123 Å². The van der Waals surface area contributed by atoms with Crippen molar-refractivity contribution < 1.29 is 98.4 Å². The number of aromatic nitrogens is 1. The van der Waals surface area contributed by atoms with Gasteiger partial charge in [-0.15, -0.1) is 0 Å². The van der Waals surface area contributed by atoms with E-state index in [1.54, 1.807) is 6.92 Å². The van der Waals surface area contributed by atoms with E-state index in [4.69, 9.17) is 144 Å². The summed E-state index contributed by atoms with van der Waals surface area (Å²) >= 11 is 0. The highest BCUT2D eigenvalue weighted by atomic mass is 16.4. The number of fused-ring (bicyclic) bond motifs is 1. The number of carbonyl (C=O) groups is 12. The van der Waals surface area contributed by atoms with Gasteiger partial charge in [-0.2, -0.15) is 0 Å². The first kappa shape index (κ1) is 122. The third kappa shape index (κ3) is 74.9. The molecule has 5 rings (SSSR count). The van der Waals surface area contributed by atoms with Crippen molar-refractivity contribution in [1.29, 1.82) is 0 Å². The lowest BCUT2D eigenvalue weighted by atomic mass is 10.0. The molecule has 0 aliphatic rings. The Balaban J connectivity index is -0.000000234. The first-order valence-electron chi connectivity index (χ1n) is 37.7. The second-order valence-electron chi connectivity index (χ2n) is 26.9. The van der Waals surface area contributed by atoms with Crippen LogP contribution in [0.15, 0.2) is 120 Å². The van der Waals surface area contributed by atoms with Crippen LogP contribution in [0.2, 0.25) is 0 Å². The molecule has 45 N–H and O–H groups in total. The highest BCUT2D eigenvalue weighted by Gasteiger charge is 2.18. The molecule has 40 heteroatoms. The van der Waals surface area contributed by atoms with E-state index in [-0.39, 0.29) is 66.1 Å². The number of carboxylic acids is 7. The highest BCUT2D eigenvalue weighted by molar-refractivity contribution is 5.85. The van der Waals surface area contributed by atoms with Crippen LogP contribution in [0.3, 0.4) is 0 Å². The van der Waals surface area contributed by atoms with Crippen LogP contribution in [0.1, 0.15) is 137 Å². The number of Topliss-reactive ketones (excluding diaryl/α,β-unsaturated/α-hetero) is 5. The number of aliphatic hydroxyl groups is 1. The van der Waals surface area contributed by atoms with Crippen molar-refractivity contribution in [3.63, 3.8) is 0 Å². The number of hydrogen-bond acceptors (Lipinski definition) is 30. The molecule has 4 aromatic carbocycles. The summed E-state index contributed by atoms with van der Waals surface area (Å²) in [7, 11) is 0. The first-order chi connectivity index (χ1) is 55.3. The Kier molecular flexibility index (Phi) is 76.9. The Morgan fingerprint density at radius 1 is 0.387 bits per heavy atom. The topological polar surface area (TPSA) is 863 Å². The van der Waals surface area contributed by atoms with Crippen LogP contribution in [-0.2, 0) is 76.8 Å². The lowest BCUT2D eigenvalue weighted by Crippen LogP contribution is -2.39. The molecule has 0 bridgehead atoms. The fourth-order valence-electron chi connectivity index (χ4n) is 7.55. The van der Waals surface area contributed by atoms with Gasteiger partial charge in [0.2, 0.25) is 0 Å². The number of rotatable bonds is 36. The molecule has 0 amide bonds. The number of nitrogens with one attached hydrogen (secondary N) is 1. The molecular weight excluding hydrogens is 1550 g/mol. The van der Waals surface area contributed by atoms with E-state index >= 15 is 0 Å². The van der Waals surface area contributed by atoms with Crippen LogP contribution < -0.4 is 103 Å². The largest absolute Gasteiger partial charge is 0.480 e. The number of hydrogen-bond donors (Lipinski definition) is 27. The molecule has 676 valence electrons. The summed E-state index contributed by atoms with van der Waals surface area (Å²) < 4.78 is 0. The minimum atomic E-state index is -1.18. The second kappa shape index (κ2) is 75.1. The number of unbranched alkanes of at least 4 members (excludes halogenated alkanes) is 1. The SMILES string of the molecule is CC(=O)C(C)N.CC(=O)C(N)CC(C)C.CC(=O)C(N)CCN.CC(=O)C(N)CN.CC(=O)CN.CC(O)C(N)C(=O)O.NC(Cc1c[nH]c2ccccc12)C(=O)O.NC(Cc1ccc(-c2ccccc2)cc1)C(=O)O.NC(Cc1ccccc1)C(=O)O.NC(N)=NCCCC(N)C(=O)O.NCCCC(N)C(=O)O.NCCCCC(N)C(=O)O. The van der Waals surface area contributed by atoms with Gasteiger partial charge in [-0.25, -0.2) is 0 Å². The minimum Gasteiger partial charge on any atom is -0.480 e. The summed E-state index contributed by atoms with van der Waals surface area (Å²) in [6.45, 7) is 16.9. The number of ketones is 5. The van der Waals surface area contributed by atoms with Crippen LogP contribution in [-0.4, -0.2) is 234 Å². The fraction of sp³-hybridized carbons (Fsp3) is 0.506. The van der Waals surface area contributed by atoms with Gasteiger partial charge in [0.25, 0.3) is 0 Å². The summed E-state index contributed by atoms with van der Waals surface area (Å²) in [5.74, 6) is -6.33. The lowest BCUT2D eigenvalue weighted by molar-refractivity contribution is -0.141. The van der Waals surface area contributed by atoms with E-state index < -0.39 is 96.2 Å². The number of nitrogens with zero attached hydrogens (tertiary/aromatic N) is 1. The number of H-pyrrole nitrogens is 1. The molecule has 12 unspecified atom stereocenters. The van der Waals surface area contributed by atoms with Gasteiger partial charge in [-0.05, 0) is 172 Å². The zero-order chi connectivity index (χ0) is 93.6. The number of benzene rings is 4. The molecule has 1 aromatic heterocycles. The number of carboxylic acid groups (broad SMARTS) is 7. The van der Waals surface area contributed by atoms with Crippen molar-refractivity contribution in [2.75, 3.05) is 39.3 Å². The number of aliphatic carboxylic acids is 7. The number of para-hydroxylation sites is 1. The molecule has 0 saturated heterocycles. The molecule has 5 aromatic rings. The summed E-state index contributed by atoms with van der Waals surface area (Å²) in [4.78, 5) is 129. The van der Waals surface area contributed by atoms with Crippen LogP contribution in [0.4, 0.5) is 0 Å². The van der Waals surface area contributed by atoms with Gasteiger partial charge in [0.05, 0.1) is 36.8 Å². The zero-order valence-corrected chi connectivity index (χ0v) is 70.0. The van der Waals surface area contributed by atoms with Gasteiger partial charge in [0.15, 0.2) is 5.96 Å². The van der Waals surface area contributed by atoms with Crippen molar-refractivity contribution in [2.45, 2.75) is 212 Å². The maximum Gasteiger partial charge on any atom is 0.323 e. The Hall–Kier alpha value is -10.3. The normalized spacial score (nSPS) is 12.9. The summed E-state index contributed by atoms with van der Waals surface area (Å²) in [6, 6.07) is 27.7. The molecule has 0 aliphatic heterocycles. The van der Waals surface area contributed by atoms with Gasteiger partial charge < -0.3 is 149 Å². The van der Waals surface area contributed by atoms with Crippen LogP contribution in [0.5, 0.6) is 0 Å². The van der Waals surface area contributed by atoms with E-state index in [0.717, 1.165) is 58.0 Å². The van der Waals surface area contributed by atoms with Crippen LogP contribution in [0, 0.1) is 5.92 Å². The van der Waals surface area contributed by atoms with Gasteiger partial charge in [-0.3, -0.25) is 62.5 Å². The molecule has 40 nitrogen and oxygen atoms in total. The minimum absolute atomic E-state index is 0.00968. The van der Waals surface area contributed by atoms with Gasteiger partial charge >= 0.3 is 41.8 Å². The molecule has 0 spiro atoms. The lowest BCUT2D eigenvalue weighted by Gasteiger charge is -2.08. The van der Waals surface area contributed by atoms with E-state index in [0.29, 0.717) is 89.9 Å². The molecule has 12 atom stereocenters. The molecule has 119 heavy (non-hydrogen) atoms. The molecule has 0 radical (unpaired) electrons. The van der Waals surface area contributed by atoms with Crippen molar-refractivity contribution in [1.82, 2.24) is 4.98 Å². The van der Waals surface area contributed by atoms with Crippen molar-refractivity contribution in [2.24, 2.45) is 114 Å². The summed E-state index contributed by atoms with van der Waals surface area (Å²) in [6.07, 6.45) is 7.57. The molecular formula is C79H140N20O20. The number of aliphatic imine (C=N–C) groups is 1. The Labute approximate surface area is 696 Å². The van der Waals surface area contributed by atoms with E-state index in [1.807, 2.05) is 115 Å². The van der Waals surface area contributed by atoms with Crippen molar-refractivity contribution in [3.8, 4) is 11.1 Å². The van der Waals surface area contributed by atoms with E-state index in [9.17, 15) is 57.5 Å². The Morgan fingerprint density at radius 3 is 1.05 bits per heavy atom. The number of aromatic amines is 1. The second-order valence-corrected chi connectivity index (χ2v) is 26.9. The van der Waals surface area contributed by atoms with Crippen LogP contribution in [0.25, 0.3) is 22.0 Å². The standard InChI is InChI=1S/C15H15NO2.C11H12N2O2.C9H11NO2.C7H15NO.C6H14N4O2.C6H14N2O2.C5H12N2O2.C5H12N2O.C4H10N2O.C4H9NO3.C4H9NO.C3H7NO/c16-14(15(17)18)10-11-6-8-13(9-7-11)12-4-2-1-3-5-12;12-9(11(14)15)5-7-6-13-10-4-2-1-3-8(7)10;10-8(9(11)12)6-7-4-2-1-3-5-7;1-5(2)4-7(8)6(3)9;7-4(5(11)12)2-1-3-10-6(8)9;7-4-2-1-3-5(8)6(9)10;6-3-1-2-4(7)5(8)9;1-4(8)5(7)2-3-6;1-3(7)4(6)2-5;1-2(6)3(5)4(7)8;1-3(5)4(2)6;1-3(5)2-4/h1-9,14H,10,16H2,(H,17,18);1-4,6,9,13H,5,12H2,(H,14,15);1-5,8H,6,10H2,(H,11,12);5,7H,4,8H2,1-3H3;4H,1-3,7H2,(H,11,12)(H4,8,9,10);5H,1-4,7-8H2,(H,9,10);4H,1-3,6-7H2,(H,8,9);5H,2-3,6-7H2,1H3;4H,2,5-6H2,1H3;2-3,6H,5H2,1H3,(H,7,8);3H,5H2,1-2H3;2,4H2,1H3. The van der Waals surface area contributed by atoms with E-state index in [1.165, 1.54) is 41.5 Å². The monoisotopic (exact) mass is 1690 g/mol. The maximum absolute atomic E-state index is 10.7. The summed E-state index contributed by atoms with van der Waals surface area (Å²) in [5.41, 5.74) is 99.3. The van der Waals surface area contributed by atoms with Crippen molar-refractivity contribution in [3.05, 3.63) is 132 Å². The Morgan fingerprint density at radius 2 is 0.748 bits per heavy atom. The number of nitrogens with two attached hydrogens (primary N) is 18. The molecule has 0 aliphatic carbocycles. The average Bonchev–Trinajstić information content (AvgIpc) is 1.64. The zero-order valence-electron chi connectivity index (χ0n) is 70.0. The third-order valence-electron chi connectivity index (χ3n) is 15.2.